The first-order valence-electron chi connectivity index (χ1n) is 7.24. The number of halogens is 2. The van der Waals surface area contributed by atoms with Crippen molar-refractivity contribution in [1.29, 1.82) is 0 Å². The molecule has 0 saturated carbocycles. The third kappa shape index (κ3) is 4.13. The largest absolute Gasteiger partial charge is 0.459 e. The molecule has 0 aliphatic carbocycles. The fourth-order valence-corrected chi connectivity index (χ4v) is 2.47. The molecule has 0 aliphatic heterocycles. The predicted octanol–water partition coefficient (Wildman–Crippen LogP) is 4.69. The van der Waals surface area contributed by atoms with E-state index in [1.807, 2.05) is 0 Å². The molecule has 7 heteroatoms. The Morgan fingerprint density at radius 3 is 2.16 bits per heavy atom. The van der Waals surface area contributed by atoms with Gasteiger partial charge >= 0.3 is 0 Å². The molecule has 1 heterocycles. The molecule has 0 saturated heterocycles. The van der Waals surface area contributed by atoms with Crippen LogP contribution in [0.4, 0.5) is 15.8 Å². The second-order valence-corrected chi connectivity index (χ2v) is 6.00. The number of carbonyl (C=O) groups excluding carboxylic acids is 2. The number of benzene rings is 2. The van der Waals surface area contributed by atoms with E-state index in [-0.39, 0.29) is 17.2 Å². The van der Waals surface area contributed by atoms with E-state index in [0.29, 0.717) is 15.8 Å². The summed E-state index contributed by atoms with van der Waals surface area (Å²) in [6.07, 6.45) is 1.41. The molecule has 2 aromatic carbocycles. The summed E-state index contributed by atoms with van der Waals surface area (Å²) in [7, 11) is 0. The van der Waals surface area contributed by atoms with Crippen LogP contribution >= 0.6 is 15.9 Å². The lowest BCUT2D eigenvalue weighted by atomic mass is 10.2. The summed E-state index contributed by atoms with van der Waals surface area (Å²) < 4.78 is 19.3. The van der Waals surface area contributed by atoms with Crippen molar-refractivity contribution in [3.63, 3.8) is 0 Å². The normalized spacial score (nSPS) is 10.3. The molecule has 0 radical (unpaired) electrons. The molecule has 5 nitrogen and oxygen atoms in total. The lowest BCUT2D eigenvalue weighted by molar-refractivity contribution is 0.0994. The molecule has 0 unspecified atom stereocenters. The molecule has 2 N–H and O–H groups in total. The predicted molar refractivity (Wildman–Crippen MR) is 95.2 cm³/mol. The number of anilines is 2. The highest BCUT2D eigenvalue weighted by Gasteiger charge is 2.13. The monoisotopic (exact) mass is 402 g/mol. The van der Waals surface area contributed by atoms with Crippen molar-refractivity contribution >= 4 is 39.1 Å². The SMILES string of the molecule is O=C(Nc1ccc(NC(=O)c2cc(Br)ccc2F)cc1)c1ccco1. The average molecular weight is 403 g/mol. The lowest BCUT2D eigenvalue weighted by Crippen LogP contribution is -2.14. The third-order valence-corrected chi connectivity index (χ3v) is 3.81. The Morgan fingerprint density at radius 2 is 1.56 bits per heavy atom. The summed E-state index contributed by atoms with van der Waals surface area (Å²) in [6.45, 7) is 0. The van der Waals surface area contributed by atoms with E-state index in [1.54, 1.807) is 36.4 Å². The molecule has 126 valence electrons. The number of furan rings is 1. The van der Waals surface area contributed by atoms with Crippen LogP contribution in [0.15, 0.2) is 69.8 Å². The maximum absolute atomic E-state index is 13.7. The molecule has 1 aromatic heterocycles. The maximum Gasteiger partial charge on any atom is 0.291 e. The topological polar surface area (TPSA) is 71.3 Å². The van der Waals surface area contributed by atoms with Crippen LogP contribution in [-0.2, 0) is 0 Å². The second kappa shape index (κ2) is 7.31. The Balaban J connectivity index is 1.67. The Bertz CT molecular complexity index is 909. The van der Waals surface area contributed by atoms with Gasteiger partial charge < -0.3 is 15.1 Å². The number of carbonyl (C=O) groups is 2. The van der Waals surface area contributed by atoms with Crippen LogP contribution in [0.2, 0.25) is 0 Å². The molecule has 3 rings (SSSR count). The minimum Gasteiger partial charge on any atom is -0.459 e. The number of rotatable bonds is 4. The molecule has 0 atom stereocenters. The highest BCUT2D eigenvalue weighted by molar-refractivity contribution is 9.10. The van der Waals surface area contributed by atoms with Gasteiger partial charge in [0.2, 0.25) is 0 Å². The Morgan fingerprint density at radius 1 is 0.920 bits per heavy atom. The molecule has 3 aromatic rings. The van der Waals surface area contributed by atoms with Gasteiger partial charge in [0.05, 0.1) is 11.8 Å². The van der Waals surface area contributed by atoms with E-state index in [1.165, 1.54) is 24.5 Å². The van der Waals surface area contributed by atoms with Crippen LogP contribution < -0.4 is 10.6 Å². The molecular weight excluding hydrogens is 391 g/mol. The zero-order valence-electron chi connectivity index (χ0n) is 12.8. The van der Waals surface area contributed by atoms with Crippen LogP contribution in [0, 0.1) is 5.82 Å². The summed E-state index contributed by atoms with van der Waals surface area (Å²) >= 11 is 3.20. The smallest absolute Gasteiger partial charge is 0.291 e. The quantitative estimate of drug-likeness (QED) is 0.664. The minimum atomic E-state index is -0.608. The van der Waals surface area contributed by atoms with Gasteiger partial charge in [0, 0.05) is 15.8 Å². The van der Waals surface area contributed by atoms with Crippen LogP contribution in [0.25, 0.3) is 0 Å². The van der Waals surface area contributed by atoms with E-state index < -0.39 is 11.7 Å². The number of amides is 2. The fraction of sp³-hybridized carbons (Fsp3) is 0. The average Bonchev–Trinajstić information content (AvgIpc) is 3.13. The van der Waals surface area contributed by atoms with Gasteiger partial charge in [-0.15, -0.1) is 0 Å². The first-order valence-corrected chi connectivity index (χ1v) is 8.03. The van der Waals surface area contributed by atoms with Crippen molar-refractivity contribution in [3.8, 4) is 0 Å². The lowest BCUT2D eigenvalue weighted by Gasteiger charge is -2.08. The van der Waals surface area contributed by atoms with Gasteiger partial charge in [0.1, 0.15) is 5.82 Å². The summed E-state index contributed by atoms with van der Waals surface area (Å²) in [5.74, 6) is -1.35. The number of hydrogen-bond acceptors (Lipinski definition) is 3. The first kappa shape index (κ1) is 16.9. The molecule has 0 spiro atoms. The molecular formula is C18H12BrFN2O3. The van der Waals surface area contributed by atoms with Gasteiger partial charge in [-0.25, -0.2) is 4.39 Å². The van der Waals surface area contributed by atoms with Gasteiger partial charge in [-0.05, 0) is 54.6 Å². The van der Waals surface area contributed by atoms with Crippen molar-refractivity contribution in [3.05, 3.63) is 82.5 Å². The van der Waals surface area contributed by atoms with Gasteiger partial charge in [0.25, 0.3) is 11.8 Å². The van der Waals surface area contributed by atoms with Crippen LogP contribution in [0.3, 0.4) is 0 Å². The van der Waals surface area contributed by atoms with Gasteiger partial charge in [-0.3, -0.25) is 9.59 Å². The second-order valence-electron chi connectivity index (χ2n) is 5.09. The first-order chi connectivity index (χ1) is 12.0. The molecule has 0 aliphatic rings. The van der Waals surface area contributed by atoms with Crippen molar-refractivity contribution < 1.29 is 18.4 Å². The fourth-order valence-electron chi connectivity index (χ4n) is 2.11. The molecule has 0 bridgehead atoms. The highest BCUT2D eigenvalue weighted by atomic mass is 79.9. The highest BCUT2D eigenvalue weighted by Crippen LogP contribution is 2.19. The van der Waals surface area contributed by atoms with Crippen molar-refractivity contribution in [2.45, 2.75) is 0 Å². The van der Waals surface area contributed by atoms with E-state index in [4.69, 9.17) is 4.42 Å². The summed E-state index contributed by atoms with van der Waals surface area (Å²) in [4.78, 5) is 24.0. The van der Waals surface area contributed by atoms with Crippen molar-refractivity contribution in [2.75, 3.05) is 10.6 Å². The minimum absolute atomic E-state index is 0.0652. The van der Waals surface area contributed by atoms with E-state index in [2.05, 4.69) is 26.6 Å². The van der Waals surface area contributed by atoms with Gasteiger partial charge in [-0.1, -0.05) is 15.9 Å². The zero-order valence-corrected chi connectivity index (χ0v) is 14.3. The molecule has 2 amide bonds. The summed E-state index contributed by atoms with van der Waals surface area (Å²) in [5.41, 5.74) is 0.943. The Labute approximate surface area is 151 Å². The van der Waals surface area contributed by atoms with Gasteiger partial charge in [0.15, 0.2) is 5.76 Å². The Hall–Kier alpha value is -2.93. The molecule has 25 heavy (non-hydrogen) atoms. The Kier molecular flexibility index (Phi) is 4.95. The van der Waals surface area contributed by atoms with E-state index >= 15 is 0 Å². The van der Waals surface area contributed by atoms with Crippen molar-refractivity contribution in [1.82, 2.24) is 0 Å². The number of hydrogen-bond donors (Lipinski definition) is 2. The summed E-state index contributed by atoms with van der Waals surface area (Å²) in [6, 6.07) is 13.8. The standard InChI is InChI=1S/C18H12BrFN2O3/c19-11-3-8-15(20)14(10-11)17(23)21-12-4-6-13(7-5-12)22-18(24)16-2-1-9-25-16/h1-10H,(H,21,23)(H,22,24). The van der Waals surface area contributed by atoms with Crippen LogP contribution in [0.1, 0.15) is 20.9 Å². The van der Waals surface area contributed by atoms with Gasteiger partial charge in [-0.2, -0.15) is 0 Å². The zero-order chi connectivity index (χ0) is 17.8. The van der Waals surface area contributed by atoms with E-state index in [9.17, 15) is 14.0 Å². The third-order valence-electron chi connectivity index (χ3n) is 3.32. The molecule has 0 fully saturated rings. The number of nitrogens with one attached hydrogen (secondary N) is 2. The summed E-state index contributed by atoms with van der Waals surface area (Å²) in [5, 5.41) is 5.26. The van der Waals surface area contributed by atoms with Crippen molar-refractivity contribution in [2.24, 2.45) is 0 Å². The van der Waals surface area contributed by atoms with Crippen LogP contribution in [0.5, 0.6) is 0 Å². The van der Waals surface area contributed by atoms with Crippen LogP contribution in [-0.4, -0.2) is 11.8 Å². The van der Waals surface area contributed by atoms with E-state index in [0.717, 1.165) is 0 Å². The maximum atomic E-state index is 13.7.